The van der Waals surface area contributed by atoms with E-state index in [1.165, 1.54) is 6.07 Å². The summed E-state index contributed by atoms with van der Waals surface area (Å²) in [6, 6.07) is 10.6. The van der Waals surface area contributed by atoms with Gasteiger partial charge < -0.3 is 4.74 Å². The maximum absolute atomic E-state index is 11.5. The van der Waals surface area contributed by atoms with Gasteiger partial charge in [0.15, 0.2) is 0 Å². The number of nitro benzene ring substituents is 1. The molecule has 0 bridgehead atoms. The molecule has 3 aromatic rings. The van der Waals surface area contributed by atoms with Crippen LogP contribution in [0.5, 0.6) is 0 Å². The molecule has 0 fully saturated rings. The first-order chi connectivity index (χ1) is 10.6. The Bertz CT molecular complexity index is 884. The normalized spacial score (nSPS) is 11.0. The minimum Gasteiger partial charge on any atom is -0.466 e. The van der Waals surface area contributed by atoms with Crippen LogP contribution in [0.15, 0.2) is 36.4 Å². The lowest BCUT2D eigenvalue weighted by molar-refractivity contribution is -0.384. The maximum Gasteiger partial charge on any atom is 0.310 e. The quantitative estimate of drug-likeness (QED) is 0.413. The molecule has 0 radical (unpaired) electrons. The first-order valence-electron chi connectivity index (χ1n) is 6.83. The van der Waals surface area contributed by atoms with E-state index in [2.05, 4.69) is 0 Å². The van der Waals surface area contributed by atoms with E-state index < -0.39 is 4.92 Å². The van der Waals surface area contributed by atoms with Gasteiger partial charge in [-0.25, -0.2) is 0 Å². The lowest BCUT2D eigenvalue weighted by Crippen LogP contribution is -2.07. The van der Waals surface area contributed by atoms with Crippen molar-refractivity contribution in [2.24, 2.45) is 0 Å². The minimum absolute atomic E-state index is 0.0859. The molecule has 0 aliphatic carbocycles. The molecule has 0 saturated carbocycles. The summed E-state index contributed by atoms with van der Waals surface area (Å²) in [5.41, 5.74) is 0.967. The largest absolute Gasteiger partial charge is 0.466 e. The minimum atomic E-state index is -0.391. The lowest BCUT2D eigenvalue weighted by atomic mass is 10.1. The van der Waals surface area contributed by atoms with E-state index in [0.717, 1.165) is 25.7 Å². The summed E-state index contributed by atoms with van der Waals surface area (Å²) in [6.07, 6.45) is 0.234. The molecular formula is C16H13NO4S. The standard InChI is InChI=1S/C16H13NO4S/c1-2-21-16(18)8-10-3-5-12-13-9-11(17(19)20)4-6-14(13)22-15(12)7-10/h3-7,9H,2,8H2,1H3. The van der Waals surface area contributed by atoms with Gasteiger partial charge in [-0.1, -0.05) is 12.1 Å². The Labute approximate surface area is 130 Å². The number of nitrogens with zero attached hydrogens (tertiary/aromatic N) is 1. The molecule has 3 rings (SSSR count). The van der Waals surface area contributed by atoms with Gasteiger partial charge in [0.2, 0.25) is 0 Å². The Kier molecular flexibility index (Phi) is 3.77. The number of non-ortho nitro benzene ring substituents is 1. The first kappa shape index (κ1) is 14.5. The van der Waals surface area contributed by atoms with Crippen LogP contribution in [0.3, 0.4) is 0 Å². The summed E-state index contributed by atoms with van der Waals surface area (Å²) in [4.78, 5) is 22.1. The van der Waals surface area contributed by atoms with Crippen molar-refractivity contribution < 1.29 is 14.5 Å². The molecule has 2 aromatic carbocycles. The third-order valence-electron chi connectivity index (χ3n) is 3.38. The molecule has 0 amide bonds. The fourth-order valence-corrected chi connectivity index (χ4v) is 3.56. The molecule has 1 heterocycles. The molecule has 6 heteroatoms. The Balaban J connectivity index is 2.04. The molecule has 22 heavy (non-hydrogen) atoms. The van der Waals surface area contributed by atoms with Crippen LogP contribution in [0, 0.1) is 10.1 Å². The summed E-state index contributed by atoms with van der Waals surface area (Å²) >= 11 is 1.56. The van der Waals surface area contributed by atoms with Crippen molar-refractivity contribution in [1.29, 1.82) is 0 Å². The van der Waals surface area contributed by atoms with Crippen LogP contribution in [0.1, 0.15) is 12.5 Å². The predicted octanol–water partition coefficient (Wildman–Crippen LogP) is 4.07. The number of ether oxygens (including phenoxy) is 1. The van der Waals surface area contributed by atoms with Gasteiger partial charge in [-0.2, -0.15) is 0 Å². The topological polar surface area (TPSA) is 69.4 Å². The van der Waals surface area contributed by atoms with E-state index in [-0.39, 0.29) is 18.1 Å². The molecule has 0 N–H and O–H groups in total. The number of fused-ring (bicyclic) bond motifs is 3. The zero-order chi connectivity index (χ0) is 15.7. The van der Waals surface area contributed by atoms with E-state index in [9.17, 15) is 14.9 Å². The van der Waals surface area contributed by atoms with Crippen molar-refractivity contribution in [1.82, 2.24) is 0 Å². The monoisotopic (exact) mass is 315 g/mol. The van der Waals surface area contributed by atoms with Crippen LogP contribution in [0.2, 0.25) is 0 Å². The van der Waals surface area contributed by atoms with Crippen molar-refractivity contribution in [3.05, 3.63) is 52.1 Å². The van der Waals surface area contributed by atoms with E-state index in [0.29, 0.717) is 6.61 Å². The lowest BCUT2D eigenvalue weighted by Gasteiger charge is -2.02. The van der Waals surface area contributed by atoms with E-state index >= 15 is 0 Å². The average molecular weight is 315 g/mol. The summed E-state index contributed by atoms with van der Waals surface area (Å²) in [7, 11) is 0. The first-order valence-corrected chi connectivity index (χ1v) is 7.65. The summed E-state index contributed by atoms with van der Waals surface area (Å²) in [5, 5.41) is 12.7. The van der Waals surface area contributed by atoms with E-state index in [1.807, 2.05) is 18.2 Å². The van der Waals surface area contributed by atoms with Crippen LogP contribution >= 0.6 is 11.3 Å². The number of thiophene rings is 1. The molecule has 1 aromatic heterocycles. The second kappa shape index (κ2) is 5.73. The van der Waals surface area contributed by atoms with E-state index in [1.54, 1.807) is 30.4 Å². The molecule has 0 unspecified atom stereocenters. The number of carbonyl (C=O) groups is 1. The zero-order valence-corrected chi connectivity index (χ0v) is 12.7. The van der Waals surface area contributed by atoms with Crippen LogP contribution < -0.4 is 0 Å². The van der Waals surface area contributed by atoms with Crippen LogP contribution in [-0.4, -0.2) is 17.5 Å². The molecule has 5 nitrogen and oxygen atoms in total. The smallest absolute Gasteiger partial charge is 0.310 e. The third kappa shape index (κ3) is 2.65. The molecule has 0 aliphatic rings. The second-order valence-corrected chi connectivity index (χ2v) is 5.94. The van der Waals surface area contributed by atoms with Crippen LogP contribution in [0.25, 0.3) is 20.2 Å². The fraction of sp³-hybridized carbons (Fsp3) is 0.188. The van der Waals surface area contributed by atoms with Crippen molar-refractivity contribution >= 4 is 43.2 Å². The predicted molar refractivity (Wildman–Crippen MR) is 86.3 cm³/mol. The van der Waals surface area contributed by atoms with E-state index in [4.69, 9.17) is 4.74 Å². The van der Waals surface area contributed by atoms with Crippen molar-refractivity contribution in [3.8, 4) is 0 Å². The number of esters is 1. The number of rotatable bonds is 4. The Morgan fingerprint density at radius 1 is 1.18 bits per heavy atom. The van der Waals surface area contributed by atoms with Gasteiger partial charge >= 0.3 is 5.97 Å². The van der Waals surface area contributed by atoms with Gasteiger partial charge in [0.05, 0.1) is 18.0 Å². The highest BCUT2D eigenvalue weighted by Crippen LogP contribution is 2.36. The van der Waals surface area contributed by atoms with Crippen molar-refractivity contribution in [2.75, 3.05) is 6.61 Å². The number of hydrogen-bond acceptors (Lipinski definition) is 5. The van der Waals surface area contributed by atoms with Crippen molar-refractivity contribution in [2.45, 2.75) is 13.3 Å². The van der Waals surface area contributed by atoms with Gasteiger partial charge in [-0.3, -0.25) is 14.9 Å². The average Bonchev–Trinajstić information content (AvgIpc) is 2.84. The molecule has 0 aliphatic heterocycles. The van der Waals surface area contributed by atoms with Gasteiger partial charge in [0, 0.05) is 32.3 Å². The molecule has 112 valence electrons. The van der Waals surface area contributed by atoms with Gasteiger partial charge in [0.1, 0.15) is 0 Å². The van der Waals surface area contributed by atoms with Crippen LogP contribution in [-0.2, 0) is 16.0 Å². The van der Waals surface area contributed by atoms with Gasteiger partial charge in [-0.05, 0) is 24.6 Å². The Morgan fingerprint density at radius 3 is 2.73 bits per heavy atom. The Hall–Kier alpha value is -2.47. The summed E-state index contributed by atoms with van der Waals surface area (Å²) in [6.45, 7) is 2.15. The molecule has 0 saturated heterocycles. The number of carbonyl (C=O) groups excluding carboxylic acids is 1. The van der Waals surface area contributed by atoms with Crippen LogP contribution in [0.4, 0.5) is 5.69 Å². The van der Waals surface area contributed by atoms with Crippen molar-refractivity contribution in [3.63, 3.8) is 0 Å². The molecule has 0 spiro atoms. The highest BCUT2D eigenvalue weighted by molar-refractivity contribution is 7.25. The van der Waals surface area contributed by atoms with Gasteiger partial charge in [0.25, 0.3) is 5.69 Å². The Morgan fingerprint density at radius 2 is 2.00 bits per heavy atom. The summed E-state index contributed by atoms with van der Waals surface area (Å²) < 4.78 is 6.95. The number of nitro groups is 1. The fourth-order valence-electron chi connectivity index (χ4n) is 2.41. The SMILES string of the molecule is CCOC(=O)Cc1ccc2c(c1)sc1ccc([N+](=O)[O-])cc12. The highest BCUT2D eigenvalue weighted by Gasteiger charge is 2.12. The third-order valence-corrected chi connectivity index (χ3v) is 4.52. The van der Waals surface area contributed by atoms with Gasteiger partial charge in [-0.15, -0.1) is 11.3 Å². The highest BCUT2D eigenvalue weighted by atomic mass is 32.1. The summed E-state index contributed by atoms with van der Waals surface area (Å²) in [5.74, 6) is -0.251. The number of benzene rings is 2. The molecule has 0 atom stereocenters. The zero-order valence-electron chi connectivity index (χ0n) is 11.9. The second-order valence-electron chi connectivity index (χ2n) is 4.85. The molecular weight excluding hydrogens is 302 g/mol. The number of hydrogen-bond donors (Lipinski definition) is 0. The maximum atomic E-state index is 11.5.